The molecule has 0 aliphatic heterocycles. The van der Waals surface area contributed by atoms with E-state index in [0.29, 0.717) is 5.41 Å². The molecule has 2 aromatic rings. The van der Waals surface area contributed by atoms with E-state index in [9.17, 15) is 0 Å². The second-order valence-electron chi connectivity index (χ2n) is 7.33. The van der Waals surface area contributed by atoms with Crippen LogP contribution in [0, 0.1) is 17.3 Å². The predicted molar refractivity (Wildman–Crippen MR) is 86.0 cm³/mol. The van der Waals surface area contributed by atoms with E-state index in [2.05, 4.69) is 50.2 Å². The van der Waals surface area contributed by atoms with Gasteiger partial charge >= 0.3 is 0 Å². The third-order valence-electron chi connectivity index (χ3n) is 5.95. The van der Waals surface area contributed by atoms with Gasteiger partial charge in [-0.05, 0) is 64.8 Å². The first-order valence-corrected chi connectivity index (χ1v) is 8.21. The standard InChI is InChI=1S/C20H24/c1-3-19-8-14(2)11-20(19)12-17-9-15-6-4-5-7-16(15)10-18(17)13-20/h4-7,9-10,14,19H,3,8,11-13H2,1-2H3. The minimum atomic E-state index is 0.591. The first-order valence-electron chi connectivity index (χ1n) is 8.21. The molecule has 0 heterocycles. The molecule has 1 fully saturated rings. The van der Waals surface area contributed by atoms with Crippen molar-refractivity contribution in [1.82, 2.24) is 0 Å². The Labute approximate surface area is 122 Å². The van der Waals surface area contributed by atoms with Gasteiger partial charge in [0.05, 0.1) is 0 Å². The molecule has 0 bridgehead atoms. The molecule has 0 aromatic heterocycles. The van der Waals surface area contributed by atoms with Crippen LogP contribution in [-0.4, -0.2) is 0 Å². The topological polar surface area (TPSA) is 0 Å². The third kappa shape index (κ3) is 1.74. The highest BCUT2D eigenvalue weighted by Gasteiger charge is 2.48. The quantitative estimate of drug-likeness (QED) is 0.648. The lowest BCUT2D eigenvalue weighted by Gasteiger charge is -2.30. The highest BCUT2D eigenvalue weighted by atomic mass is 14.5. The third-order valence-corrected chi connectivity index (χ3v) is 5.95. The van der Waals surface area contributed by atoms with Crippen LogP contribution in [0.5, 0.6) is 0 Å². The second-order valence-corrected chi connectivity index (χ2v) is 7.33. The van der Waals surface area contributed by atoms with Crippen LogP contribution in [0.4, 0.5) is 0 Å². The first-order chi connectivity index (χ1) is 9.70. The van der Waals surface area contributed by atoms with Crippen molar-refractivity contribution >= 4 is 10.8 Å². The Morgan fingerprint density at radius 3 is 2.20 bits per heavy atom. The van der Waals surface area contributed by atoms with Crippen LogP contribution in [0.3, 0.4) is 0 Å². The molecule has 20 heavy (non-hydrogen) atoms. The Kier molecular flexibility index (Phi) is 2.70. The van der Waals surface area contributed by atoms with Crippen molar-refractivity contribution < 1.29 is 0 Å². The van der Waals surface area contributed by atoms with Crippen molar-refractivity contribution in [3.05, 3.63) is 47.5 Å². The number of benzene rings is 2. The lowest BCUT2D eigenvalue weighted by molar-refractivity contribution is 0.206. The molecule has 2 aliphatic rings. The molecule has 0 saturated heterocycles. The normalized spacial score (nSPS) is 27.3. The minimum Gasteiger partial charge on any atom is -0.0651 e. The zero-order chi connectivity index (χ0) is 13.7. The summed E-state index contributed by atoms with van der Waals surface area (Å²) in [5.74, 6) is 1.86. The summed E-state index contributed by atoms with van der Waals surface area (Å²) in [6, 6.07) is 13.8. The van der Waals surface area contributed by atoms with Crippen LogP contribution in [0.15, 0.2) is 36.4 Å². The molecule has 0 nitrogen and oxygen atoms in total. The summed E-state index contributed by atoms with van der Waals surface area (Å²) >= 11 is 0. The molecule has 0 heteroatoms. The smallest absolute Gasteiger partial charge is 0.0181 e. The Morgan fingerprint density at radius 2 is 1.65 bits per heavy atom. The average molecular weight is 264 g/mol. The number of hydrogen-bond donors (Lipinski definition) is 0. The van der Waals surface area contributed by atoms with Gasteiger partial charge in [0.15, 0.2) is 0 Å². The molecule has 2 atom stereocenters. The fourth-order valence-electron chi connectivity index (χ4n) is 5.20. The first kappa shape index (κ1) is 12.4. The van der Waals surface area contributed by atoms with Gasteiger partial charge in [0, 0.05) is 0 Å². The zero-order valence-corrected chi connectivity index (χ0v) is 12.7. The predicted octanol–water partition coefficient (Wildman–Crippen LogP) is 5.38. The average Bonchev–Trinajstić information content (AvgIpc) is 2.94. The fraction of sp³-hybridized carbons (Fsp3) is 0.500. The van der Waals surface area contributed by atoms with Gasteiger partial charge in [-0.2, -0.15) is 0 Å². The van der Waals surface area contributed by atoms with Gasteiger partial charge in [-0.3, -0.25) is 0 Å². The molecule has 1 spiro atoms. The van der Waals surface area contributed by atoms with Crippen LogP contribution >= 0.6 is 0 Å². The van der Waals surface area contributed by atoms with Gasteiger partial charge < -0.3 is 0 Å². The van der Waals surface area contributed by atoms with Crippen LogP contribution in [-0.2, 0) is 12.8 Å². The summed E-state index contributed by atoms with van der Waals surface area (Å²) in [5.41, 5.74) is 3.86. The van der Waals surface area contributed by atoms with Gasteiger partial charge in [0.1, 0.15) is 0 Å². The molecular formula is C20H24. The number of fused-ring (bicyclic) bond motifs is 2. The number of rotatable bonds is 1. The van der Waals surface area contributed by atoms with E-state index in [1.165, 1.54) is 42.9 Å². The van der Waals surface area contributed by atoms with Gasteiger partial charge in [-0.25, -0.2) is 0 Å². The van der Waals surface area contributed by atoms with Crippen molar-refractivity contribution in [3.8, 4) is 0 Å². The van der Waals surface area contributed by atoms with Gasteiger partial charge in [0.25, 0.3) is 0 Å². The molecule has 2 aromatic carbocycles. The lowest BCUT2D eigenvalue weighted by Crippen LogP contribution is -2.25. The van der Waals surface area contributed by atoms with Crippen molar-refractivity contribution in [2.75, 3.05) is 0 Å². The van der Waals surface area contributed by atoms with E-state index < -0.39 is 0 Å². The summed E-state index contributed by atoms with van der Waals surface area (Å²) in [4.78, 5) is 0. The molecule has 1 saturated carbocycles. The minimum absolute atomic E-state index is 0.591. The van der Waals surface area contributed by atoms with Crippen LogP contribution in [0.25, 0.3) is 10.8 Å². The Balaban J connectivity index is 1.78. The molecule has 4 rings (SSSR count). The van der Waals surface area contributed by atoms with E-state index in [1.54, 1.807) is 11.1 Å². The highest BCUT2D eigenvalue weighted by Crippen LogP contribution is 2.55. The molecule has 2 unspecified atom stereocenters. The summed E-state index contributed by atoms with van der Waals surface area (Å²) in [6.07, 6.45) is 6.91. The van der Waals surface area contributed by atoms with Crippen LogP contribution in [0.2, 0.25) is 0 Å². The van der Waals surface area contributed by atoms with Gasteiger partial charge in [0.2, 0.25) is 0 Å². The molecule has 2 aliphatic carbocycles. The lowest BCUT2D eigenvalue weighted by atomic mass is 9.74. The van der Waals surface area contributed by atoms with Crippen molar-refractivity contribution in [3.63, 3.8) is 0 Å². The summed E-state index contributed by atoms with van der Waals surface area (Å²) < 4.78 is 0. The molecular weight excluding hydrogens is 240 g/mol. The Bertz CT molecular complexity index is 608. The van der Waals surface area contributed by atoms with E-state index in [4.69, 9.17) is 0 Å². The maximum absolute atomic E-state index is 2.47. The summed E-state index contributed by atoms with van der Waals surface area (Å²) in [6.45, 7) is 4.85. The van der Waals surface area contributed by atoms with E-state index in [1.807, 2.05) is 0 Å². The zero-order valence-electron chi connectivity index (χ0n) is 12.7. The van der Waals surface area contributed by atoms with Crippen molar-refractivity contribution in [2.24, 2.45) is 17.3 Å². The maximum atomic E-state index is 2.47. The van der Waals surface area contributed by atoms with E-state index in [-0.39, 0.29) is 0 Å². The largest absolute Gasteiger partial charge is 0.0651 e. The molecule has 104 valence electrons. The maximum Gasteiger partial charge on any atom is -0.0181 e. The molecule has 0 N–H and O–H groups in total. The molecule has 0 radical (unpaired) electrons. The van der Waals surface area contributed by atoms with Gasteiger partial charge in [-0.1, -0.05) is 56.7 Å². The Morgan fingerprint density at radius 1 is 1.05 bits per heavy atom. The number of hydrogen-bond acceptors (Lipinski definition) is 0. The van der Waals surface area contributed by atoms with Crippen molar-refractivity contribution in [2.45, 2.75) is 46.0 Å². The van der Waals surface area contributed by atoms with E-state index in [0.717, 1.165) is 11.8 Å². The van der Waals surface area contributed by atoms with Gasteiger partial charge in [-0.15, -0.1) is 0 Å². The second kappa shape index (κ2) is 4.35. The van der Waals surface area contributed by atoms with Crippen molar-refractivity contribution in [1.29, 1.82) is 0 Å². The van der Waals surface area contributed by atoms with E-state index >= 15 is 0 Å². The monoisotopic (exact) mass is 264 g/mol. The van der Waals surface area contributed by atoms with Crippen LogP contribution in [0.1, 0.15) is 44.2 Å². The molecule has 0 amide bonds. The fourth-order valence-corrected chi connectivity index (χ4v) is 5.20. The summed E-state index contributed by atoms with van der Waals surface area (Å²) in [7, 11) is 0. The Hall–Kier alpha value is -1.30. The highest BCUT2D eigenvalue weighted by molar-refractivity contribution is 5.84. The SMILES string of the molecule is CCC1CC(C)CC12Cc1cc3ccccc3cc1C2. The summed E-state index contributed by atoms with van der Waals surface area (Å²) in [5, 5.41) is 2.84. The van der Waals surface area contributed by atoms with Crippen LogP contribution < -0.4 is 0 Å².